The number of imidazole rings is 1. The van der Waals surface area contributed by atoms with Gasteiger partial charge in [0.15, 0.2) is 6.29 Å². The summed E-state index contributed by atoms with van der Waals surface area (Å²) in [4.78, 5) is 17.7. The maximum absolute atomic E-state index is 11.2. The summed E-state index contributed by atoms with van der Waals surface area (Å²) in [6.45, 7) is 0. The van der Waals surface area contributed by atoms with Crippen molar-refractivity contribution in [3.63, 3.8) is 0 Å². The number of hydrogen-bond acceptors (Lipinski definition) is 3. The van der Waals surface area contributed by atoms with Crippen molar-refractivity contribution >= 4 is 17.5 Å². The Morgan fingerprint density at radius 1 is 1.44 bits per heavy atom. The molecule has 0 spiro atoms. The Bertz CT molecular complexity index is 596. The quantitative estimate of drug-likeness (QED) is 0.777. The van der Waals surface area contributed by atoms with E-state index >= 15 is 0 Å². The fourth-order valence-electron chi connectivity index (χ4n) is 2.44. The van der Waals surface area contributed by atoms with Gasteiger partial charge in [-0.1, -0.05) is 6.42 Å². The minimum absolute atomic E-state index is 0.524. The normalized spacial score (nSPS) is 15.7. The Morgan fingerprint density at radius 3 is 2.78 bits per heavy atom. The summed E-state index contributed by atoms with van der Waals surface area (Å²) in [7, 11) is 3.99. The maximum atomic E-state index is 11.2. The summed E-state index contributed by atoms with van der Waals surface area (Å²) in [5.74, 6) is 1.57. The number of hydrogen-bond donors (Lipinski definition) is 0. The van der Waals surface area contributed by atoms with E-state index in [0.29, 0.717) is 11.6 Å². The maximum Gasteiger partial charge on any atom is 0.170 e. The van der Waals surface area contributed by atoms with E-state index in [0.717, 1.165) is 23.3 Å². The Balaban J connectivity index is 2.18. The molecule has 4 nitrogen and oxygen atoms in total. The summed E-state index contributed by atoms with van der Waals surface area (Å²) in [5.41, 5.74) is 2.56. The van der Waals surface area contributed by atoms with Gasteiger partial charge in [0.1, 0.15) is 11.5 Å². The number of aldehydes is 1. The molecule has 2 heterocycles. The van der Waals surface area contributed by atoms with Crippen LogP contribution in [0.25, 0.3) is 5.52 Å². The molecule has 94 valence electrons. The zero-order valence-corrected chi connectivity index (χ0v) is 10.8. The summed E-state index contributed by atoms with van der Waals surface area (Å²) in [5, 5.41) is 0. The van der Waals surface area contributed by atoms with Crippen molar-refractivity contribution in [3.05, 3.63) is 29.8 Å². The molecule has 0 atom stereocenters. The van der Waals surface area contributed by atoms with Gasteiger partial charge in [0, 0.05) is 31.9 Å². The lowest BCUT2D eigenvalue weighted by Gasteiger charge is -2.24. The van der Waals surface area contributed by atoms with E-state index in [-0.39, 0.29) is 0 Å². The van der Waals surface area contributed by atoms with Crippen molar-refractivity contribution in [2.24, 2.45) is 0 Å². The number of fused-ring (bicyclic) bond motifs is 1. The lowest BCUT2D eigenvalue weighted by Crippen LogP contribution is -2.13. The fourth-order valence-corrected chi connectivity index (χ4v) is 2.44. The van der Waals surface area contributed by atoms with Crippen LogP contribution in [0.15, 0.2) is 18.3 Å². The monoisotopic (exact) mass is 243 g/mol. The molecule has 2 aromatic heterocycles. The third kappa shape index (κ3) is 1.60. The van der Waals surface area contributed by atoms with Gasteiger partial charge in [-0.2, -0.15) is 0 Å². The van der Waals surface area contributed by atoms with E-state index in [2.05, 4.69) is 15.5 Å². The van der Waals surface area contributed by atoms with Crippen molar-refractivity contribution < 1.29 is 4.79 Å². The first kappa shape index (κ1) is 11.3. The van der Waals surface area contributed by atoms with E-state index in [1.54, 1.807) is 0 Å². The molecule has 0 bridgehead atoms. The zero-order valence-electron chi connectivity index (χ0n) is 10.8. The molecule has 0 amide bonds. The van der Waals surface area contributed by atoms with Gasteiger partial charge >= 0.3 is 0 Å². The van der Waals surface area contributed by atoms with Gasteiger partial charge in [0.25, 0.3) is 0 Å². The highest BCUT2D eigenvalue weighted by Crippen LogP contribution is 2.36. The van der Waals surface area contributed by atoms with E-state index < -0.39 is 0 Å². The predicted octanol–water partition coefficient (Wildman–Crippen LogP) is 2.48. The van der Waals surface area contributed by atoms with Gasteiger partial charge in [-0.3, -0.25) is 4.79 Å². The third-order valence-electron chi connectivity index (χ3n) is 3.78. The largest absolute Gasteiger partial charge is 0.378 e. The highest BCUT2D eigenvalue weighted by molar-refractivity contribution is 5.85. The fraction of sp³-hybridized carbons (Fsp3) is 0.429. The number of carbonyl (C=O) groups is 1. The second-order valence-corrected chi connectivity index (χ2v) is 5.14. The number of carbonyl (C=O) groups excluding carboxylic acids is 1. The predicted molar refractivity (Wildman–Crippen MR) is 71.5 cm³/mol. The summed E-state index contributed by atoms with van der Waals surface area (Å²) < 4.78 is 2.07. The summed E-state index contributed by atoms with van der Waals surface area (Å²) >= 11 is 0. The molecule has 1 aliphatic rings. The van der Waals surface area contributed by atoms with Crippen molar-refractivity contribution in [1.29, 1.82) is 0 Å². The molecule has 4 heteroatoms. The lowest BCUT2D eigenvalue weighted by atomic mass is 9.85. The van der Waals surface area contributed by atoms with Crippen LogP contribution in [-0.4, -0.2) is 29.8 Å². The highest BCUT2D eigenvalue weighted by Gasteiger charge is 2.25. The smallest absolute Gasteiger partial charge is 0.170 e. The summed E-state index contributed by atoms with van der Waals surface area (Å²) in [6.07, 6.45) is 6.53. The number of aromatic nitrogens is 2. The average Bonchev–Trinajstić information content (AvgIpc) is 2.65. The van der Waals surface area contributed by atoms with Crippen LogP contribution in [0, 0.1) is 0 Å². The Morgan fingerprint density at radius 2 is 2.22 bits per heavy atom. The van der Waals surface area contributed by atoms with Gasteiger partial charge in [-0.25, -0.2) is 4.98 Å². The third-order valence-corrected chi connectivity index (χ3v) is 3.78. The molecule has 0 aliphatic heterocycles. The molecule has 0 saturated heterocycles. The first-order valence-electron chi connectivity index (χ1n) is 6.35. The molecular weight excluding hydrogens is 226 g/mol. The Hall–Kier alpha value is -1.84. The van der Waals surface area contributed by atoms with Crippen LogP contribution in [0.1, 0.15) is 41.5 Å². The molecule has 2 aromatic rings. The van der Waals surface area contributed by atoms with Crippen LogP contribution in [0.4, 0.5) is 5.69 Å². The van der Waals surface area contributed by atoms with Crippen molar-refractivity contribution in [3.8, 4) is 0 Å². The SMILES string of the molecule is CN(C)c1ccn2c(C3CCC3)nc(C=O)c2c1. The second kappa shape index (κ2) is 4.12. The molecule has 0 aromatic carbocycles. The standard InChI is InChI=1S/C14H17N3O/c1-16(2)11-6-7-17-13(8-11)12(9-18)15-14(17)10-4-3-5-10/h6-10H,3-5H2,1-2H3. The average molecular weight is 243 g/mol. The van der Waals surface area contributed by atoms with Crippen LogP contribution < -0.4 is 4.90 Å². The highest BCUT2D eigenvalue weighted by atomic mass is 16.1. The van der Waals surface area contributed by atoms with Crippen molar-refractivity contribution in [2.75, 3.05) is 19.0 Å². The number of rotatable bonds is 3. The minimum atomic E-state index is 0.524. The molecule has 1 fully saturated rings. The second-order valence-electron chi connectivity index (χ2n) is 5.14. The van der Waals surface area contributed by atoms with Gasteiger partial charge < -0.3 is 9.30 Å². The van der Waals surface area contributed by atoms with E-state index in [1.807, 2.05) is 31.3 Å². The first-order valence-corrected chi connectivity index (χ1v) is 6.35. The first-order chi connectivity index (χ1) is 8.70. The molecule has 0 unspecified atom stereocenters. The van der Waals surface area contributed by atoms with Gasteiger partial charge in [0.2, 0.25) is 0 Å². The van der Waals surface area contributed by atoms with Crippen LogP contribution in [-0.2, 0) is 0 Å². The van der Waals surface area contributed by atoms with Crippen LogP contribution in [0.2, 0.25) is 0 Å². The van der Waals surface area contributed by atoms with E-state index in [1.165, 1.54) is 19.3 Å². The van der Waals surface area contributed by atoms with Crippen molar-refractivity contribution in [2.45, 2.75) is 25.2 Å². The van der Waals surface area contributed by atoms with Gasteiger partial charge in [-0.15, -0.1) is 0 Å². The molecule has 1 saturated carbocycles. The Kier molecular flexibility index (Phi) is 2.58. The number of anilines is 1. The molecule has 3 rings (SSSR count). The molecule has 0 radical (unpaired) electrons. The van der Waals surface area contributed by atoms with Crippen LogP contribution in [0.3, 0.4) is 0 Å². The molecule has 0 N–H and O–H groups in total. The zero-order chi connectivity index (χ0) is 12.7. The molecule has 1 aliphatic carbocycles. The van der Waals surface area contributed by atoms with E-state index in [9.17, 15) is 4.79 Å². The molecular formula is C14H17N3O. The number of pyridine rings is 1. The summed E-state index contributed by atoms with van der Waals surface area (Å²) in [6, 6.07) is 4.09. The van der Waals surface area contributed by atoms with Crippen LogP contribution in [0.5, 0.6) is 0 Å². The number of nitrogens with zero attached hydrogens (tertiary/aromatic N) is 3. The topological polar surface area (TPSA) is 37.6 Å². The molecule has 18 heavy (non-hydrogen) atoms. The van der Waals surface area contributed by atoms with E-state index in [4.69, 9.17) is 0 Å². The lowest BCUT2D eigenvalue weighted by molar-refractivity contribution is 0.112. The van der Waals surface area contributed by atoms with Crippen molar-refractivity contribution in [1.82, 2.24) is 9.38 Å². The Labute approximate surface area is 106 Å². The van der Waals surface area contributed by atoms with Gasteiger partial charge in [0.05, 0.1) is 5.52 Å². The minimum Gasteiger partial charge on any atom is -0.378 e. The van der Waals surface area contributed by atoms with Gasteiger partial charge in [-0.05, 0) is 25.0 Å². The van der Waals surface area contributed by atoms with Crippen LogP contribution >= 0.6 is 0 Å².